The summed E-state index contributed by atoms with van der Waals surface area (Å²) in [6.45, 7) is 1.86. The van der Waals surface area contributed by atoms with Crippen LogP contribution in [0.5, 0.6) is 0 Å². The molecule has 1 aromatic carbocycles. The lowest BCUT2D eigenvalue weighted by Gasteiger charge is -2.02. The van der Waals surface area contributed by atoms with Crippen molar-refractivity contribution in [1.29, 1.82) is 0 Å². The van der Waals surface area contributed by atoms with Crippen LogP contribution >= 0.6 is 0 Å². The number of amidine groups is 1. The van der Waals surface area contributed by atoms with Crippen molar-refractivity contribution in [2.75, 3.05) is 7.11 Å². The van der Waals surface area contributed by atoms with Crippen molar-refractivity contribution in [3.63, 3.8) is 0 Å². The Morgan fingerprint density at radius 2 is 2.04 bits per heavy atom. The van der Waals surface area contributed by atoms with Crippen molar-refractivity contribution < 1.29 is 18.8 Å². The van der Waals surface area contributed by atoms with Crippen LogP contribution in [0.4, 0.5) is 0 Å². The lowest BCUT2D eigenvalue weighted by molar-refractivity contribution is 0.0552. The van der Waals surface area contributed by atoms with Gasteiger partial charge in [-0.2, -0.15) is 0 Å². The molecule has 23 heavy (non-hydrogen) atoms. The van der Waals surface area contributed by atoms with Crippen LogP contribution in [-0.4, -0.2) is 18.9 Å². The quantitative estimate of drug-likeness (QED) is 0.367. The van der Waals surface area contributed by atoms with E-state index in [0.29, 0.717) is 23.6 Å². The van der Waals surface area contributed by atoms with E-state index in [4.69, 9.17) is 15.0 Å². The zero-order chi connectivity index (χ0) is 16.7. The molecule has 0 aliphatic carbocycles. The van der Waals surface area contributed by atoms with Gasteiger partial charge in [0.1, 0.15) is 11.6 Å². The number of nitrogens with two attached hydrogens (primary N) is 1. The Labute approximate surface area is 134 Å². The summed E-state index contributed by atoms with van der Waals surface area (Å²) in [4.78, 5) is 16.6. The van der Waals surface area contributed by atoms with Crippen LogP contribution in [0, 0.1) is 6.92 Å². The van der Waals surface area contributed by atoms with Crippen LogP contribution in [0.2, 0.25) is 0 Å². The van der Waals surface area contributed by atoms with E-state index in [1.54, 1.807) is 13.0 Å². The number of nitrogens with zero attached hydrogens (tertiary/aromatic N) is 1. The minimum atomic E-state index is -0.514. The zero-order valence-corrected chi connectivity index (χ0v) is 13.2. The second-order valence-corrected chi connectivity index (χ2v) is 5.06. The fourth-order valence-electron chi connectivity index (χ4n) is 2.06. The van der Waals surface area contributed by atoms with Gasteiger partial charge in [0.05, 0.1) is 7.11 Å². The molecule has 0 aliphatic heterocycles. The van der Waals surface area contributed by atoms with Gasteiger partial charge in [0, 0.05) is 12.0 Å². The van der Waals surface area contributed by atoms with Gasteiger partial charge in [-0.15, -0.1) is 0 Å². The van der Waals surface area contributed by atoms with E-state index >= 15 is 0 Å². The molecule has 6 heteroatoms. The molecule has 0 amide bonds. The first-order valence-electron chi connectivity index (χ1n) is 7.26. The van der Waals surface area contributed by atoms with Crippen molar-refractivity contribution in [1.82, 2.24) is 0 Å². The topological polar surface area (TPSA) is 87.0 Å². The molecule has 0 saturated heterocycles. The molecular weight excluding hydrogens is 296 g/mol. The normalized spacial score (nSPS) is 11.3. The molecule has 0 atom stereocenters. The van der Waals surface area contributed by atoms with Crippen molar-refractivity contribution in [2.24, 2.45) is 10.9 Å². The van der Waals surface area contributed by atoms with Crippen LogP contribution in [0.25, 0.3) is 0 Å². The fourth-order valence-corrected chi connectivity index (χ4v) is 2.06. The van der Waals surface area contributed by atoms with Gasteiger partial charge in [0.25, 0.3) is 0 Å². The van der Waals surface area contributed by atoms with Crippen molar-refractivity contribution >= 4 is 11.8 Å². The molecule has 0 fully saturated rings. The lowest BCUT2D eigenvalue weighted by Crippen LogP contribution is -2.13. The number of aryl methyl sites for hydroxylation is 2. The minimum absolute atomic E-state index is 0.101. The molecule has 2 rings (SSSR count). The van der Waals surface area contributed by atoms with Gasteiger partial charge >= 0.3 is 5.97 Å². The molecule has 0 bridgehead atoms. The predicted octanol–water partition coefficient (Wildman–Crippen LogP) is 2.80. The molecule has 0 saturated carbocycles. The molecule has 2 N–H and O–H groups in total. The Kier molecular flexibility index (Phi) is 5.80. The number of rotatable bonds is 7. The lowest BCUT2D eigenvalue weighted by atomic mass is 10.1. The van der Waals surface area contributed by atoms with Crippen molar-refractivity contribution in [2.45, 2.75) is 26.4 Å². The second kappa shape index (κ2) is 8.03. The zero-order valence-electron chi connectivity index (χ0n) is 13.2. The van der Waals surface area contributed by atoms with Crippen LogP contribution in [0.15, 0.2) is 46.0 Å². The van der Waals surface area contributed by atoms with Crippen LogP contribution in [0.3, 0.4) is 0 Å². The van der Waals surface area contributed by atoms with Crippen LogP contribution in [0.1, 0.15) is 33.9 Å². The average molecular weight is 316 g/mol. The first kappa shape index (κ1) is 16.6. The van der Waals surface area contributed by atoms with Crippen LogP contribution in [-0.2, 0) is 22.6 Å². The fraction of sp³-hybridized carbons (Fsp3) is 0.294. The Morgan fingerprint density at radius 3 is 2.74 bits per heavy atom. The molecule has 2 aromatic rings. The number of hydrogen-bond acceptors (Lipinski definition) is 5. The molecule has 1 aromatic heterocycles. The van der Waals surface area contributed by atoms with E-state index in [2.05, 4.69) is 9.89 Å². The predicted molar refractivity (Wildman–Crippen MR) is 86.0 cm³/mol. The summed E-state index contributed by atoms with van der Waals surface area (Å²) in [6, 6.07) is 11.7. The third kappa shape index (κ3) is 4.88. The smallest absolute Gasteiger partial charge is 0.374 e. The van der Waals surface area contributed by atoms with E-state index in [1.165, 1.54) is 12.7 Å². The molecule has 122 valence electrons. The molecule has 0 unspecified atom stereocenters. The number of carbonyl (C=O) groups excluding carboxylic acids is 1. The Hall–Kier alpha value is -2.76. The maximum absolute atomic E-state index is 11.4. The van der Waals surface area contributed by atoms with Gasteiger partial charge in [-0.1, -0.05) is 35.5 Å². The summed E-state index contributed by atoms with van der Waals surface area (Å²) < 4.78 is 9.99. The first-order chi connectivity index (χ1) is 11.1. The molecule has 0 radical (unpaired) electrons. The number of ether oxygens (including phenoxy) is 1. The highest BCUT2D eigenvalue weighted by Crippen LogP contribution is 2.16. The van der Waals surface area contributed by atoms with Crippen molar-refractivity contribution in [3.8, 4) is 0 Å². The van der Waals surface area contributed by atoms with Gasteiger partial charge in [0.2, 0.25) is 5.76 Å². The maximum Gasteiger partial charge on any atom is 0.374 e. The highest BCUT2D eigenvalue weighted by Gasteiger charge is 2.16. The third-order valence-corrected chi connectivity index (χ3v) is 3.24. The average Bonchev–Trinajstić information content (AvgIpc) is 2.94. The van der Waals surface area contributed by atoms with Gasteiger partial charge in [-0.25, -0.2) is 4.79 Å². The number of methoxy groups -OCH3 is 1. The molecule has 0 spiro atoms. The highest BCUT2D eigenvalue weighted by molar-refractivity contribution is 5.87. The number of carbonyl (C=O) groups is 1. The Bertz CT molecular complexity index is 677. The van der Waals surface area contributed by atoms with E-state index < -0.39 is 5.97 Å². The Balaban J connectivity index is 1.82. The molecule has 0 aliphatic rings. The third-order valence-electron chi connectivity index (χ3n) is 3.24. The summed E-state index contributed by atoms with van der Waals surface area (Å²) in [7, 11) is 1.30. The summed E-state index contributed by atoms with van der Waals surface area (Å²) in [5, 5.41) is 3.86. The number of esters is 1. The second-order valence-electron chi connectivity index (χ2n) is 5.06. The Morgan fingerprint density at radius 1 is 1.30 bits per heavy atom. The molecular formula is C17H20N2O4. The minimum Gasteiger partial charge on any atom is -0.463 e. The van der Waals surface area contributed by atoms with Gasteiger partial charge in [0.15, 0.2) is 6.61 Å². The van der Waals surface area contributed by atoms with Crippen LogP contribution < -0.4 is 5.73 Å². The SMILES string of the molecule is COC(=O)c1oc(CO/N=C(\N)CCc2ccccc2)cc1C. The van der Waals surface area contributed by atoms with E-state index in [9.17, 15) is 4.79 Å². The monoisotopic (exact) mass is 316 g/mol. The largest absolute Gasteiger partial charge is 0.463 e. The highest BCUT2D eigenvalue weighted by atomic mass is 16.6. The summed E-state index contributed by atoms with van der Waals surface area (Å²) >= 11 is 0. The molecule has 1 heterocycles. The first-order valence-corrected chi connectivity index (χ1v) is 7.26. The van der Waals surface area contributed by atoms with E-state index in [0.717, 1.165) is 6.42 Å². The summed E-state index contributed by atoms with van der Waals surface area (Å²) in [5.41, 5.74) is 7.69. The summed E-state index contributed by atoms with van der Waals surface area (Å²) in [6.07, 6.45) is 1.40. The van der Waals surface area contributed by atoms with Gasteiger partial charge in [-0.3, -0.25) is 0 Å². The standard InChI is InChI=1S/C17H20N2O4/c1-12-10-14(23-16(12)17(20)21-2)11-22-19-15(18)9-8-13-6-4-3-5-7-13/h3-7,10H,8-9,11H2,1-2H3,(H2,18,19). The maximum atomic E-state index is 11.4. The summed E-state index contributed by atoms with van der Waals surface area (Å²) in [5.74, 6) is 0.555. The number of furan rings is 1. The van der Waals surface area contributed by atoms with Crippen molar-refractivity contribution in [3.05, 3.63) is 59.0 Å². The number of benzene rings is 1. The van der Waals surface area contributed by atoms with Gasteiger partial charge < -0.3 is 19.7 Å². The number of oxime groups is 1. The van der Waals surface area contributed by atoms with E-state index in [-0.39, 0.29) is 12.4 Å². The molecule has 6 nitrogen and oxygen atoms in total. The number of hydrogen-bond donors (Lipinski definition) is 1. The van der Waals surface area contributed by atoms with E-state index in [1.807, 2.05) is 30.3 Å². The van der Waals surface area contributed by atoms with Gasteiger partial charge in [-0.05, 0) is 25.0 Å².